The van der Waals surface area contributed by atoms with Gasteiger partial charge in [0.25, 0.3) is 0 Å². The first-order valence-corrected chi connectivity index (χ1v) is 10.6. The number of piperidine rings is 1. The smallest absolute Gasteiger partial charge is 0.166 e. The summed E-state index contributed by atoms with van der Waals surface area (Å²) in [5, 5.41) is 6.95. The van der Waals surface area contributed by atoms with E-state index in [4.69, 9.17) is 33.7 Å². The maximum absolute atomic E-state index is 14.3. The Balaban J connectivity index is 1.60. The van der Waals surface area contributed by atoms with E-state index in [0.717, 1.165) is 0 Å². The van der Waals surface area contributed by atoms with Crippen molar-refractivity contribution in [2.75, 3.05) is 18.8 Å². The summed E-state index contributed by atoms with van der Waals surface area (Å²) in [5.41, 5.74) is 7.38. The third-order valence-electron chi connectivity index (χ3n) is 5.33. The molecule has 11 heteroatoms. The predicted molar refractivity (Wildman–Crippen MR) is 117 cm³/mol. The normalized spacial score (nSPS) is 22.0. The second kappa shape index (κ2) is 9.17. The molecule has 170 valence electrons. The summed E-state index contributed by atoms with van der Waals surface area (Å²) in [6.07, 6.45) is 0.992. The molecule has 1 aromatic carbocycles. The average Bonchev–Trinajstić information content (AvgIpc) is 3.22. The minimum atomic E-state index is -1.41. The largest absolute Gasteiger partial charge is 0.482 e. The number of ether oxygens (including phenoxy) is 1. The van der Waals surface area contributed by atoms with Gasteiger partial charge in [-0.1, -0.05) is 23.2 Å². The molecule has 3 N–H and O–H groups in total. The molecule has 1 aliphatic heterocycles. The molecule has 0 spiro atoms. The summed E-state index contributed by atoms with van der Waals surface area (Å²) in [7, 11) is 0. The van der Waals surface area contributed by atoms with Gasteiger partial charge in [-0.15, -0.1) is 0 Å². The number of nitrogens with two attached hydrogens (primary N) is 1. The first-order valence-electron chi connectivity index (χ1n) is 9.85. The Morgan fingerprint density at radius 3 is 2.62 bits per heavy atom. The van der Waals surface area contributed by atoms with E-state index in [1.54, 1.807) is 19.2 Å². The highest BCUT2D eigenvalue weighted by Gasteiger charge is 2.35. The monoisotopic (exact) mass is 485 g/mol. The van der Waals surface area contributed by atoms with Crippen LogP contribution in [0.15, 0.2) is 36.8 Å². The van der Waals surface area contributed by atoms with E-state index in [1.807, 2.05) is 0 Å². The van der Waals surface area contributed by atoms with Crippen LogP contribution in [-0.2, 0) is 0 Å². The quantitative estimate of drug-likeness (QED) is 0.500. The van der Waals surface area contributed by atoms with Crippen LogP contribution >= 0.6 is 23.2 Å². The summed E-state index contributed by atoms with van der Waals surface area (Å²) in [6, 6.07) is 3.16. The Labute approximate surface area is 192 Å². The summed E-state index contributed by atoms with van der Waals surface area (Å²) >= 11 is 12.2. The molecule has 0 bridgehead atoms. The van der Waals surface area contributed by atoms with Crippen molar-refractivity contribution in [1.29, 1.82) is 0 Å². The zero-order valence-electron chi connectivity index (χ0n) is 16.9. The van der Waals surface area contributed by atoms with Gasteiger partial charge >= 0.3 is 0 Å². The van der Waals surface area contributed by atoms with E-state index in [1.165, 1.54) is 29.2 Å². The maximum atomic E-state index is 14.3. The van der Waals surface area contributed by atoms with Gasteiger partial charge in [-0.3, -0.25) is 4.68 Å². The van der Waals surface area contributed by atoms with Crippen molar-refractivity contribution in [1.82, 2.24) is 20.1 Å². The molecular weight excluding hydrogens is 466 g/mol. The van der Waals surface area contributed by atoms with Crippen LogP contribution in [0.25, 0.3) is 11.1 Å². The fraction of sp³-hybridized carbons (Fsp3) is 0.333. The zero-order valence-corrected chi connectivity index (χ0v) is 18.4. The highest BCUT2D eigenvalue weighted by Crippen LogP contribution is 2.37. The molecule has 0 amide bonds. The molecule has 2 aromatic heterocycles. The number of anilines is 1. The first-order chi connectivity index (χ1) is 15.3. The lowest BCUT2D eigenvalue weighted by Gasteiger charge is -2.30. The number of benzene rings is 1. The molecule has 0 aliphatic carbocycles. The molecule has 1 aliphatic rings. The number of nitrogen functional groups attached to an aromatic ring is 1. The first kappa shape index (κ1) is 22.7. The molecule has 1 saturated heterocycles. The molecule has 3 heterocycles. The highest BCUT2D eigenvalue weighted by molar-refractivity contribution is 6.36. The van der Waals surface area contributed by atoms with Crippen molar-refractivity contribution in [2.24, 2.45) is 0 Å². The second-order valence-electron chi connectivity index (χ2n) is 7.51. The van der Waals surface area contributed by atoms with Gasteiger partial charge in [0.1, 0.15) is 30.3 Å². The van der Waals surface area contributed by atoms with Crippen LogP contribution < -0.4 is 15.8 Å². The van der Waals surface area contributed by atoms with Crippen molar-refractivity contribution < 1.29 is 17.9 Å². The van der Waals surface area contributed by atoms with Crippen molar-refractivity contribution in [2.45, 2.75) is 31.4 Å². The highest BCUT2D eigenvalue weighted by atomic mass is 35.5. The summed E-state index contributed by atoms with van der Waals surface area (Å²) < 4.78 is 49.6. The Morgan fingerprint density at radius 2 is 1.91 bits per heavy atom. The van der Waals surface area contributed by atoms with Crippen LogP contribution in [0.2, 0.25) is 10.0 Å². The van der Waals surface area contributed by atoms with Gasteiger partial charge in [0.05, 0.1) is 11.2 Å². The third-order valence-corrected chi connectivity index (χ3v) is 6.05. The van der Waals surface area contributed by atoms with Crippen molar-refractivity contribution in [3.63, 3.8) is 0 Å². The number of pyridine rings is 1. The van der Waals surface area contributed by atoms with Crippen LogP contribution in [0.4, 0.5) is 19.0 Å². The van der Waals surface area contributed by atoms with E-state index in [9.17, 15) is 13.2 Å². The second-order valence-corrected chi connectivity index (χ2v) is 8.30. The number of hydrogen-bond acceptors (Lipinski definition) is 5. The zero-order chi connectivity index (χ0) is 23.0. The maximum Gasteiger partial charge on any atom is 0.166 e. The minimum absolute atomic E-state index is 0.0603. The van der Waals surface area contributed by atoms with E-state index < -0.39 is 30.3 Å². The SMILES string of the molecule is CC(Oc1cc(-c2cnn(C3C(F)CNCC3F)c2)cnc1N)c1c(Cl)ccc(F)c1Cl. The van der Waals surface area contributed by atoms with Crippen LogP contribution in [0.3, 0.4) is 0 Å². The molecular formula is C21H20Cl2F3N5O. The summed E-state index contributed by atoms with van der Waals surface area (Å²) in [5.74, 6) is -0.306. The van der Waals surface area contributed by atoms with Gasteiger partial charge in [0, 0.05) is 47.2 Å². The molecule has 6 nitrogen and oxygen atoms in total. The number of halogens is 5. The van der Waals surface area contributed by atoms with Gasteiger partial charge in [-0.25, -0.2) is 18.2 Å². The Hall–Kier alpha value is -2.49. The number of nitrogens with zero attached hydrogens (tertiary/aromatic N) is 3. The molecule has 0 radical (unpaired) electrons. The fourth-order valence-corrected chi connectivity index (χ4v) is 4.36. The lowest BCUT2D eigenvalue weighted by molar-refractivity contribution is 0.0882. The minimum Gasteiger partial charge on any atom is -0.482 e. The Morgan fingerprint density at radius 1 is 1.19 bits per heavy atom. The van der Waals surface area contributed by atoms with Crippen LogP contribution in [-0.4, -0.2) is 40.2 Å². The summed E-state index contributed by atoms with van der Waals surface area (Å²) in [6.45, 7) is 1.77. The molecule has 0 saturated carbocycles. The van der Waals surface area contributed by atoms with E-state index in [-0.39, 0.29) is 40.3 Å². The Bertz CT molecular complexity index is 1120. The van der Waals surface area contributed by atoms with Gasteiger partial charge in [0.2, 0.25) is 0 Å². The van der Waals surface area contributed by atoms with Crippen LogP contribution in [0, 0.1) is 5.82 Å². The van der Waals surface area contributed by atoms with Crippen LogP contribution in [0.5, 0.6) is 5.75 Å². The van der Waals surface area contributed by atoms with Crippen LogP contribution in [0.1, 0.15) is 24.6 Å². The topological polar surface area (TPSA) is 78.0 Å². The average molecular weight is 486 g/mol. The molecule has 32 heavy (non-hydrogen) atoms. The molecule has 1 fully saturated rings. The third kappa shape index (κ3) is 4.37. The van der Waals surface area contributed by atoms with E-state index in [0.29, 0.717) is 11.1 Å². The fourth-order valence-electron chi connectivity index (χ4n) is 3.68. The standard InChI is InChI=1S/C21H20Cl2F3N5O/c1-10(18-13(22)2-3-14(24)19(18)23)32-17-4-11(5-29-21(17)27)12-6-30-31(9-12)20-15(25)7-28-8-16(20)26/h2-6,9-10,15-16,20,28H,7-8H2,1H3,(H2,27,29). The summed E-state index contributed by atoms with van der Waals surface area (Å²) in [4.78, 5) is 4.13. The van der Waals surface area contributed by atoms with Gasteiger partial charge in [0.15, 0.2) is 11.6 Å². The van der Waals surface area contributed by atoms with Crippen molar-refractivity contribution >= 4 is 29.0 Å². The Kier molecular flexibility index (Phi) is 6.50. The van der Waals surface area contributed by atoms with Gasteiger partial charge in [-0.05, 0) is 25.1 Å². The lowest BCUT2D eigenvalue weighted by atomic mass is 10.0. The molecule has 3 unspecified atom stereocenters. The number of alkyl halides is 2. The number of aromatic nitrogens is 3. The number of nitrogens with one attached hydrogen (secondary N) is 1. The van der Waals surface area contributed by atoms with Gasteiger partial charge < -0.3 is 15.8 Å². The van der Waals surface area contributed by atoms with Crippen molar-refractivity contribution in [3.8, 4) is 16.9 Å². The predicted octanol–water partition coefficient (Wildman–Crippen LogP) is 4.93. The molecule has 3 atom stereocenters. The van der Waals surface area contributed by atoms with Crippen molar-refractivity contribution in [3.05, 3.63) is 58.2 Å². The van der Waals surface area contributed by atoms with E-state index in [2.05, 4.69) is 15.4 Å². The lowest BCUT2D eigenvalue weighted by Crippen LogP contribution is -2.47. The number of hydrogen-bond donors (Lipinski definition) is 2. The molecule has 3 aromatic rings. The van der Waals surface area contributed by atoms with Gasteiger partial charge in [-0.2, -0.15) is 5.10 Å². The number of rotatable bonds is 5. The molecule has 4 rings (SSSR count). The van der Waals surface area contributed by atoms with E-state index >= 15 is 0 Å².